The molecule has 2 aromatic carbocycles. The molecule has 3 N–H and O–H groups in total. The maximum Gasteiger partial charge on any atom is 0.341 e. The molecule has 0 saturated heterocycles. The molecule has 0 fully saturated rings. The van der Waals surface area contributed by atoms with Crippen molar-refractivity contribution in [2.45, 2.75) is 18.4 Å². The van der Waals surface area contributed by atoms with Gasteiger partial charge in [-0.2, -0.15) is 8.42 Å². The Morgan fingerprint density at radius 1 is 1.18 bits per heavy atom. The van der Waals surface area contributed by atoms with Crippen LogP contribution in [-0.2, 0) is 32.5 Å². The fraction of sp³-hybridized carbons (Fsp3) is 0.143. The second-order valence-electron chi connectivity index (χ2n) is 7.11. The summed E-state index contributed by atoms with van der Waals surface area (Å²) in [6, 6.07) is 13.1. The van der Waals surface area contributed by atoms with Gasteiger partial charge in [-0.15, -0.1) is 0 Å². The van der Waals surface area contributed by atoms with Crippen molar-refractivity contribution in [2.24, 2.45) is 0 Å². The van der Waals surface area contributed by atoms with Gasteiger partial charge >= 0.3 is 16.1 Å². The van der Waals surface area contributed by atoms with Crippen LogP contribution in [0.3, 0.4) is 0 Å². The van der Waals surface area contributed by atoms with E-state index >= 15 is 0 Å². The number of aliphatic carboxylic acids is 1. The zero-order chi connectivity index (χ0) is 23.8. The molecule has 33 heavy (non-hydrogen) atoms. The number of pyridine rings is 1. The lowest BCUT2D eigenvalue weighted by Crippen LogP contribution is -2.14. The Morgan fingerprint density at radius 3 is 2.64 bits per heavy atom. The van der Waals surface area contributed by atoms with Crippen LogP contribution in [0.15, 0.2) is 59.6 Å². The zero-order valence-corrected chi connectivity index (χ0v) is 18.9. The molecule has 2 aromatic heterocycles. The zero-order valence-electron chi connectivity index (χ0n) is 17.3. The fourth-order valence-corrected chi connectivity index (χ4v) is 5.39. The number of fused-ring (bicyclic) bond motifs is 2. The molecule has 2 heterocycles. The molecular weight excluding hydrogens is 470 g/mol. The standard InChI is InChI=1S/C21H19N3O7S2/c1-13-21(33(29,30)31-17-9-2-5-14-6-4-10-22-20(14)17)19-15(23-12-32(27)28)7-3-8-16(19)24(13)11-18(25)26/h2-10,23H,11-12H2,1H3,(H,25,26)(H,27,28). The highest BCUT2D eigenvalue weighted by atomic mass is 32.2. The summed E-state index contributed by atoms with van der Waals surface area (Å²) in [5.41, 5.74) is 1.08. The summed E-state index contributed by atoms with van der Waals surface area (Å²) in [4.78, 5) is 15.4. The summed E-state index contributed by atoms with van der Waals surface area (Å²) in [6.45, 7) is 0.998. The third-order valence-corrected chi connectivity index (χ3v) is 6.81. The number of aromatic nitrogens is 2. The summed E-state index contributed by atoms with van der Waals surface area (Å²) < 4.78 is 54.2. The quantitative estimate of drug-likeness (QED) is 0.251. The Bertz CT molecular complexity index is 1510. The molecule has 1 unspecified atom stereocenters. The number of nitrogens with zero attached hydrogens (tertiary/aromatic N) is 2. The number of nitrogens with one attached hydrogen (secondary N) is 1. The molecule has 0 spiro atoms. The number of anilines is 1. The highest BCUT2D eigenvalue weighted by Crippen LogP contribution is 2.37. The van der Waals surface area contributed by atoms with Gasteiger partial charge in [-0.1, -0.05) is 24.3 Å². The van der Waals surface area contributed by atoms with Crippen molar-refractivity contribution in [3.8, 4) is 5.75 Å². The lowest BCUT2D eigenvalue weighted by molar-refractivity contribution is -0.137. The van der Waals surface area contributed by atoms with Crippen LogP contribution in [0.2, 0.25) is 0 Å². The van der Waals surface area contributed by atoms with E-state index in [1.807, 2.05) is 0 Å². The number of rotatable bonds is 8. The van der Waals surface area contributed by atoms with Gasteiger partial charge in [0, 0.05) is 28.4 Å². The Balaban J connectivity index is 1.93. The van der Waals surface area contributed by atoms with Gasteiger partial charge in [-0.25, -0.2) is 4.21 Å². The smallest absolute Gasteiger partial charge is 0.341 e. The van der Waals surface area contributed by atoms with E-state index in [1.54, 1.807) is 36.4 Å². The average molecular weight is 490 g/mol. The molecule has 0 aliphatic rings. The summed E-state index contributed by atoms with van der Waals surface area (Å²) >= 11 is -2.19. The average Bonchev–Trinajstić information content (AvgIpc) is 3.04. The van der Waals surface area contributed by atoms with Gasteiger partial charge in [0.15, 0.2) is 16.8 Å². The normalized spacial score (nSPS) is 12.7. The molecule has 12 heteroatoms. The monoisotopic (exact) mass is 489 g/mol. The predicted octanol–water partition coefficient (Wildman–Crippen LogP) is 2.94. The SMILES string of the molecule is Cc1c(S(=O)(=O)Oc2cccc3cccnc23)c2c(NCS(=O)O)cccc2n1CC(=O)O. The van der Waals surface area contributed by atoms with Crippen LogP contribution in [-0.4, -0.2) is 43.7 Å². The first-order valence-corrected chi connectivity index (χ1v) is 12.3. The minimum Gasteiger partial charge on any atom is -0.480 e. The second kappa shape index (κ2) is 8.81. The number of benzene rings is 2. The predicted molar refractivity (Wildman–Crippen MR) is 123 cm³/mol. The highest BCUT2D eigenvalue weighted by molar-refractivity contribution is 7.87. The van der Waals surface area contributed by atoms with Crippen molar-refractivity contribution in [1.29, 1.82) is 0 Å². The molecule has 10 nitrogen and oxygen atoms in total. The number of para-hydroxylation sites is 1. The van der Waals surface area contributed by atoms with E-state index in [4.69, 9.17) is 8.74 Å². The van der Waals surface area contributed by atoms with E-state index in [9.17, 15) is 22.5 Å². The maximum atomic E-state index is 13.5. The molecule has 0 bridgehead atoms. The lowest BCUT2D eigenvalue weighted by atomic mass is 10.2. The van der Waals surface area contributed by atoms with E-state index in [0.717, 1.165) is 0 Å². The Hall–Kier alpha value is -3.48. The van der Waals surface area contributed by atoms with E-state index in [0.29, 0.717) is 16.4 Å². The third-order valence-electron chi connectivity index (χ3n) is 5.02. The van der Waals surface area contributed by atoms with Crippen LogP contribution in [0.25, 0.3) is 21.8 Å². The van der Waals surface area contributed by atoms with E-state index < -0.39 is 33.7 Å². The molecule has 0 amide bonds. The number of carbonyl (C=O) groups is 1. The molecule has 0 aliphatic heterocycles. The van der Waals surface area contributed by atoms with Crippen molar-refractivity contribution in [1.82, 2.24) is 9.55 Å². The lowest BCUT2D eigenvalue weighted by Gasteiger charge is -2.11. The molecule has 4 rings (SSSR count). The number of hydrogen-bond acceptors (Lipinski definition) is 7. The Kier molecular flexibility index (Phi) is 6.06. The van der Waals surface area contributed by atoms with Crippen molar-refractivity contribution in [3.63, 3.8) is 0 Å². The van der Waals surface area contributed by atoms with Gasteiger partial charge in [0.05, 0.1) is 5.52 Å². The van der Waals surface area contributed by atoms with Crippen LogP contribution < -0.4 is 9.50 Å². The van der Waals surface area contributed by atoms with Crippen LogP contribution in [0.1, 0.15) is 5.69 Å². The first-order chi connectivity index (χ1) is 15.7. The molecule has 4 aromatic rings. The van der Waals surface area contributed by atoms with Gasteiger partial charge in [-0.05, 0) is 31.2 Å². The topological polar surface area (TPSA) is 148 Å². The largest absolute Gasteiger partial charge is 0.480 e. The van der Waals surface area contributed by atoms with E-state index in [2.05, 4.69) is 10.3 Å². The minimum absolute atomic E-state index is 0.0218. The van der Waals surface area contributed by atoms with Crippen LogP contribution in [0, 0.1) is 6.92 Å². The van der Waals surface area contributed by atoms with Crippen LogP contribution >= 0.6 is 0 Å². The van der Waals surface area contributed by atoms with Gasteiger partial charge in [0.1, 0.15) is 22.8 Å². The van der Waals surface area contributed by atoms with E-state index in [1.165, 1.54) is 29.8 Å². The first kappa shape index (κ1) is 22.7. The third kappa shape index (κ3) is 4.40. The number of hydrogen-bond donors (Lipinski definition) is 3. The summed E-state index contributed by atoms with van der Waals surface area (Å²) in [5, 5.41) is 13.0. The second-order valence-corrected chi connectivity index (χ2v) is 9.52. The maximum absolute atomic E-state index is 13.5. The summed E-state index contributed by atoms with van der Waals surface area (Å²) in [7, 11) is -4.47. The Labute approximate surface area is 191 Å². The van der Waals surface area contributed by atoms with Crippen molar-refractivity contribution < 1.29 is 31.3 Å². The minimum atomic E-state index is -4.47. The van der Waals surface area contributed by atoms with Gasteiger partial charge in [0.25, 0.3) is 0 Å². The fourth-order valence-electron chi connectivity index (χ4n) is 3.72. The van der Waals surface area contributed by atoms with Crippen molar-refractivity contribution >= 4 is 54.7 Å². The Morgan fingerprint density at radius 2 is 1.91 bits per heavy atom. The molecule has 0 aliphatic carbocycles. The van der Waals surface area contributed by atoms with Crippen LogP contribution in [0.4, 0.5) is 5.69 Å². The summed E-state index contributed by atoms with van der Waals surface area (Å²) in [5.74, 6) is -1.49. The molecule has 1 atom stereocenters. The molecule has 0 radical (unpaired) electrons. The first-order valence-electron chi connectivity index (χ1n) is 9.62. The van der Waals surface area contributed by atoms with Crippen molar-refractivity contribution in [2.75, 3.05) is 11.2 Å². The highest BCUT2D eigenvalue weighted by Gasteiger charge is 2.30. The molecule has 172 valence electrons. The van der Waals surface area contributed by atoms with Gasteiger partial charge < -0.3 is 23.7 Å². The number of carboxylic acid groups (broad SMARTS) is 1. The van der Waals surface area contributed by atoms with Gasteiger partial charge in [0.2, 0.25) is 0 Å². The van der Waals surface area contributed by atoms with Crippen LogP contribution in [0.5, 0.6) is 5.75 Å². The molecule has 0 saturated carbocycles. The van der Waals surface area contributed by atoms with Gasteiger partial charge in [-0.3, -0.25) is 9.78 Å². The summed E-state index contributed by atoms with van der Waals surface area (Å²) in [6.07, 6.45) is 1.52. The number of carboxylic acids is 1. The van der Waals surface area contributed by atoms with Crippen molar-refractivity contribution in [3.05, 3.63) is 60.4 Å². The van der Waals surface area contributed by atoms with E-state index in [-0.39, 0.29) is 33.3 Å². The molecular formula is C21H19N3O7S2.